The van der Waals surface area contributed by atoms with E-state index in [1.165, 1.54) is 7.11 Å². The van der Waals surface area contributed by atoms with E-state index < -0.39 is 42.9 Å². The van der Waals surface area contributed by atoms with Gasteiger partial charge < -0.3 is 35.0 Å². The minimum Gasteiger partial charge on any atom is -0.458 e. The standard InChI is InChI=1S/C30H47NO9/c1-28-9-6-18(31(38-3)27-26(36)25(35)24(34)22(14-32)40-27)13-17(28)4-5-21-20(28)7-10-29(2)19(8-11-30(21,29)37)16-12-23(33)39-15-16/h12,17-22,24-27,32,34-37H,4-11,13-15H2,1-3H3/t17?,18-,19+,20?,21?,22+,24+,25+,26-,27?,28-,29+,30-/m0/s1. The van der Waals surface area contributed by atoms with Gasteiger partial charge in [0, 0.05) is 17.5 Å². The summed E-state index contributed by atoms with van der Waals surface area (Å²) >= 11 is 0. The molecule has 5 N–H and O–H groups in total. The highest BCUT2D eigenvalue weighted by Gasteiger charge is 2.68. The molecule has 0 aromatic carbocycles. The zero-order valence-electron chi connectivity index (χ0n) is 23.9. The number of carbonyl (C=O) groups is 1. The molecule has 6 rings (SSSR count). The van der Waals surface area contributed by atoms with Gasteiger partial charge in [-0.3, -0.25) is 4.84 Å². The zero-order chi connectivity index (χ0) is 28.6. The number of rotatable bonds is 5. The smallest absolute Gasteiger partial charge is 0.331 e. The Labute approximate surface area is 236 Å². The Hall–Kier alpha value is -1.11. The van der Waals surface area contributed by atoms with Crippen LogP contribution in [0.5, 0.6) is 0 Å². The van der Waals surface area contributed by atoms with E-state index in [0.717, 1.165) is 63.4 Å². The first-order valence-corrected chi connectivity index (χ1v) is 15.2. The Morgan fingerprint density at radius 2 is 1.77 bits per heavy atom. The highest BCUT2D eigenvalue weighted by molar-refractivity contribution is 5.85. The van der Waals surface area contributed by atoms with Gasteiger partial charge in [-0.1, -0.05) is 13.8 Å². The number of carbonyl (C=O) groups excluding carboxylic acids is 1. The third-order valence-electron chi connectivity index (χ3n) is 12.6. The van der Waals surface area contributed by atoms with Gasteiger partial charge >= 0.3 is 5.97 Å². The van der Waals surface area contributed by atoms with Crippen molar-refractivity contribution in [2.75, 3.05) is 20.3 Å². The molecule has 4 unspecified atom stereocenters. The van der Waals surface area contributed by atoms with Gasteiger partial charge in [0.25, 0.3) is 0 Å². The molecule has 0 aromatic rings. The van der Waals surface area contributed by atoms with E-state index in [-0.39, 0.29) is 34.7 Å². The van der Waals surface area contributed by atoms with E-state index in [0.29, 0.717) is 18.4 Å². The number of aliphatic hydroxyl groups is 5. The van der Waals surface area contributed by atoms with E-state index in [1.54, 1.807) is 11.1 Å². The van der Waals surface area contributed by atoms with Crippen molar-refractivity contribution in [2.45, 2.75) is 114 Å². The van der Waals surface area contributed by atoms with Crippen molar-refractivity contribution in [1.29, 1.82) is 0 Å². The average molecular weight is 566 g/mol. The van der Waals surface area contributed by atoms with Crippen molar-refractivity contribution in [3.63, 3.8) is 0 Å². The Morgan fingerprint density at radius 3 is 2.45 bits per heavy atom. The number of hydrogen-bond acceptors (Lipinski definition) is 10. The fourth-order valence-electron chi connectivity index (χ4n) is 10.4. The number of fused-ring (bicyclic) bond motifs is 5. The van der Waals surface area contributed by atoms with Gasteiger partial charge in [-0.15, -0.1) is 0 Å². The predicted octanol–water partition coefficient (Wildman–Crippen LogP) is 1.28. The molecule has 0 bridgehead atoms. The number of hydrogen-bond donors (Lipinski definition) is 5. The van der Waals surface area contributed by atoms with Gasteiger partial charge in [0.1, 0.15) is 31.0 Å². The van der Waals surface area contributed by atoms with Crippen molar-refractivity contribution >= 4 is 5.97 Å². The fraction of sp³-hybridized carbons (Fsp3) is 0.900. The number of cyclic esters (lactones) is 1. The van der Waals surface area contributed by atoms with Crippen LogP contribution >= 0.6 is 0 Å². The maximum atomic E-state index is 12.4. The first-order valence-electron chi connectivity index (χ1n) is 15.2. The summed E-state index contributed by atoms with van der Waals surface area (Å²) in [7, 11) is 1.53. The predicted molar refractivity (Wildman–Crippen MR) is 142 cm³/mol. The van der Waals surface area contributed by atoms with Crippen molar-refractivity contribution in [1.82, 2.24) is 5.06 Å². The highest BCUT2D eigenvalue weighted by Crippen LogP contribution is 2.70. The van der Waals surface area contributed by atoms with Crippen LogP contribution in [0.4, 0.5) is 0 Å². The zero-order valence-corrected chi connectivity index (χ0v) is 23.9. The van der Waals surface area contributed by atoms with Gasteiger partial charge in [0.15, 0.2) is 6.23 Å². The number of nitrogens with zero attached hydrogens (tertiary/aromatic N) is 1. The Morgan fingerprint density at radius 1 is 1.00 bits per heavy atom. The SMILES string of the molecule is CON(C1O[C@H](CO)[C@@H](O)[C@@H](O)[C@@H]1O)[C@H]1CC[C@@]2(C)C(CCC3C2CC[C@]2(C)[C@@H](C4=CC(=O)OC4)CC[C@]32O)C1. The lowest BCUT2D eigenvalue weighted by molar-refractivity contribution is -0.344. The normalized spacial score (nSPS) is 52.5. The van der Waals surface area contributed by atoms with Crippen molar-refractivity contribution < 1.29 is 44.6 Å². The molecule has 0 radical (unpaired) electrons. The third-order valence-corrected chi connectivity index (χ3v) is 12.6. The molecule has 5 fully saturated rings. The number of esters is 1. The van der Waals surface area contributed by atoms with Gasteiger partial charge in [-0.05, 0) is 92.4 Å². The molecule has 4 aliphatic carbocycles. The van der Waals surface area contributed by atoms with E-state index in [9.17, 15) is 30.3 Å². The largest absolute Gasteiger partial charge is 0.458 e. The Bertz CT molecular complexity index is 1020. The average Bonchev–Trinajstić information content (AvgIpc) is 3.48. The van der Waals surface area contributed by atoms with Crippen molar-refractivity contribution in [3.8, 4) is 0 Å². The second-order valence-corrected chi connectivity index (χ2v) is 14.0. The lowest BCUT2D eigenvalue weighted by atomic mass is 9.43. The fourth-order valence-corrected chi connectivity index (χ4v) is 10.4. The number of hydroxylamine groups is 2. The van der Waals surface area contributed by atoms with Crippen LogP contribution in [-0.2, 0) is 19.1 Å². The summed E-state index contributed by atoms with van der Waals surface area (Å²) in [5.41, 5.74) is 0.0988. The molecule has 40 heavy (non-hydrogen) atoms. The molecule has 6 aliphatic rings. The van der Waals surface area contributed by atoms with Crippen LogP contribution in [0.25, 0.3) is 0 Å². The topological polar surface area (TPSA) is 149 Å². The molecule has 0 amide bonds. The highest BCUT2D eigenvalue weighted by atomic mass is 16.7. The molecular weight excluding hydrogens is 518 g/mol. The Kier molecular flexibility index (Phi) is 7.43. The van der Waals surface area contributed by atoms with Gasteiger partial charge in [0.2, 0.25) is 0 Å². The van der Waals surface area contributed by atoms with E-state index >= 15 is 0 Å². The quantitative estimate of drug-likeness (QED) is 0.244. The molecular formula is C30H47NO9. The summed E-state index contributed by atoms with van der Waals surface area (Å²) in [6.07, 6.45) is 3.63. The molecule has 2 aliphatic heterocycles. The summed E-state index contributed by atoms with van der Waals surface area (Å²) < 4.78 is 11.1. The van der Waals surface area contributed by atoms with Crippen LogP contribution in [0.15, 0.2) is 11.6 Å². The van der Waals surface area contributed by atoms with E-state index in [2.05, 4.69) is 13.8 Å². The molecule has 0 aromatic heterocycles. The second-order valence-electron chi connectivity index (χ2n) is 14.0. The first-order chi connectivity index (χ1) is 19.0. The molecule has 10 nitrogen and oxygen atoms in total. The van der Waals surface area contributed by atoms with Crippen LogP contribution in [-0.4, -0.2) is 99.2 Å². The molecule has 4 saturated carbocycles. The molecule has 10 heteroatoms. The molecule has 13 atom stereocenters. The number of aliphatic hydroxyl groups excluding tert-OH is 4. The maximum absolute atomic E-state index is 12.4. The number of ether oxygens (including phenoxy) is 2. The lowest BCUT2D eigenvalue weighted by Gasteiger charge is -2.64. The molecule has 1 saturated heterocycles. The minimum absolute atomic E-state index is 0.0549. The second kappa shape index (κ2) is 10.3. The van der Waals surface area contributed by atoms with Crippen molar-refractivity contribution in [2.24, 2.45) is 34.5 Å². The Balaban J connectivity index is 1.19. The van der Waals surface area contributed by atoms with Gasteiger partial charge in [-0.2, -0.15) is 5.06 Å². The summed E-state index contributed by atoms with van der Waals surface area (Å²) in [6, 6.07) is -0.0549. The third kappa shape index (κ3) is 4.08. The summed E-state index contributed by atoms with van der Waals surface area (Å²) in [5, 5.41) is 55.1. The van der Waals surface area contributed by atoms with Gasteiger partial charge in [-0.25, -0.2) is 4.79 Å². The molecule has 0 spiro atoms. The van der Waals surface area contributed by atoms with Crippen molar-refractivity contribution in [3.05, 3.63) is 11.6 Å². The van der Waals surface area contributed by atoms with E-state index in [1.807, 2.05) is 0 Å². The summed E-state index contributed by atoms with van der Waals surface area (Å²) in [4.78, 5) is 17.6. The van der Waals surface area contributed by atoms with Crippen LogP contribution in [0.3, 0.4) is 0 Å². The van der Waals surface area contributed by atoms with Crippen LogP contribution in [0.2, 0.25) is 0 Å². The van der Waals surface area contributed by atoms with E-state index in [4.69, 9.17) is 14.3 Å². The summed E-state index contributed by atoms with van der Waals surface area (Å²) in [6.45, 7) is 4.53. The van der Waals surface area contributed by atoms with Crippen LogP contribution < -0.4 is 0 Å². The maximum Gasteiger partial charge on any atom is 0.331 e. The molecule has 2 heterocycles. The lowest BCUT2D eigenvalue weighted by Crippen LogP contribution is -2.66. The van der Waals surface area contributed by atoms with Crippen LogP contribution in [0, 0.1) is 34.5 Å². The first kappa shape index (κ1) is 29.0. The van der Waals surface area contributed by atoms with Crippen LogP contribution in [0.1, 0.15) is 71.6 Å². The molecule has 226 valence electrons. The monoisotopic (exact) mass is 565 g/mol. The summed E-state index contributed by atoms with van der Waals surface area (Å²) in [5.74, 6) is 0.949. The van der Waals surface area contributed by atoms with Gasteiger partial charge in [0.05, 0.1) is 19.3 Å². The minimum atomic E-state index is -1.45.